The molecule has 0 amide bonds. The van der Waals surface area contributed by atoms with Crippen LogP contribution in [0.5, 0.6) is 0 Å². The van der Waals surface area contributed by atoms with Crippen LogP contribution in [0.15, 0.2) is 18.2 Å². The lowest BCUT2D eigenvalue weighted by Crippen LogP contribution is -2.20. The van der Waals surface area contributed by atoms with E-state index in [4.69, 9.17) is 4.74 Å². The number of anilines is 1. The molecule has 0 radical (unpaired) electrons. The lowest BCUT2D eigenvalue weighted by atomic mass is 9.98. The van der Waals surface area contributed by atoms with Gasteiger partial charge < -0.3 is 10.1 Å². The lowest BCUT2D eigenvalue weighted by Gasteiger charge is -2.22. The molecular weight excluding hydrogens is 256 g/mol. The summed E-state index contributed by atoms with van der Waals surface area (Å²) >= 11 is 0. The van der Waals surface area contributed by atoms with E-state index in [1.54, 1.807) is 12.1 Å². The minimum absolute atomic E-state index is 0.131. The van der Waals surface area contributed by atoms with Crippen molar-refractivity contribution in [2.24, 2.45) is 0 Å². The van der Waals surface area contributed by atoms with Crippen LogP contribution in [-0.4, -0.2) is 24.2 Å². The van der Waals surface area contributed by atoms with Crippen molar-refractivity contribution >= 4 is 11.4 Å². The van der Waals surface area contributed by atoms with E-state index in [0.29, 0.717) is 12.7 Å². The van der Waals surface area contributed by atoms with E-state index in [1.807, 2.05) is 6.92 Å². The molecule has 0 aromatic heterocycles. The van der Waals surface area contributed by atoms with Crippen LogP contribution < -0.4 is 5.32 Å². The Hall–Kier alpha value is -1.62. The normalized spacial score (nSPS) is 16.1. The molecule has 0 unspecified atom stereocenters. The molecule has 1 aliphatic carbocycles. The molecule has 1 aromatic carbocycles. The van der Waals surface area contributed by atoms with Crippen LogP contribution >= 0.6 is 0 Å². The molecule has 0 saturated heterocycles. The Kier molecular flexibility index (Phi) is 5.35. The second-order valence-corrected chi connectivity index (χ2v) is 5.31. The van der Waals surface area contributed by atoms with Crippen LogP contribution in [-0.2, 0) is 4.74 Å². The Morgan fingerprint density at radius 1 is 1.35 bits per heavy atom. The van der Waals surface area contributed by atoms with Gasteiger partial charge in [0, 0.05) is 24.4 Å². The second-order valence-electron chi connectivity index (χ2n) is 5.31. The van der Waals surface area contributed by atoms with Crippen LogP contribution in [0.25, 0.3) is 0 Å². The first-order valence-corrected chi connectivity index (χ1v) is 7.27. The van der Waals surface area contributed by atoms with Gasteiger partial charge in [-0.2, -0.15) is 0 Å². The number of rotatable bonds is 6. The predicted molar refractivity (Wildman–Crippen MR) is 79.1 cm³/mol. The van der Waals surface area contributed by atoms with Crippen molar-refractivity contribution in [1.82, 2.24) is 0 Å². The molecular formula is C15H22N2O3. The zero-order valence-electron chi connectivity index (χ0n) is 11.9. The number of benzene rings is 1. The van der Waals surface area contributed by atoms with E-state index in [2.05, 4.69) is 5.32 Å². The van der Waals surface area contributed by atoms with Crippen LogP contribution in [0.4, 0.5) is 11.4 Å². The Morgan fingerprint density at radius 2 is 2.10 bits per heavy atom. The molecule has 110 valence electrons. The molecule has 1 aliphatic rings. The highest BCUT2D eigenvalue weighted by Gasteiger charge is 2.13. The molecule has 0 bridgehead atoms. The SMILES string of the molecule is Cc1cc([N+](=O)[O-])ccc1NCCOC1CCCCC1. The van der Waals surface area contributed by atoms with Gasteiger partial charge in [0.1, 0.15) is 0 Å². The Labute approximate surface area is 119 Å². The third-order valence-corrected chi connectivity index (χ3v) is 3.74. The monoisotopic (exact) mass is 278 g/mol. The average molecular weight is 278 g/mol. The van der Waals surface area contributed by atoms with E-state index in [9.17, 15) is 10.1 Å². The summed E-state index contributed by atoms with van der Waals surface area (Å²) in [4.78, 5) is 10.3. The van der Waals surface area contributed by atoms with Gasteiger partial charge in [-0.1, -0.05) is 19.3 Å². The molecule has 0 aliphatic heterocycles. The number of nitro groups is 1. The third kappa shape index (κ3) is 4.20. The molecule has 5 heteroatoms. The van der Waals surface area contributed by atoms with E-state index in [-0.39, 0.29) is 10.6 Å². The van der Waals surface area contributed by atoms with E-state index in [1.165, 1.54) is 38.2 Å². The minimum Gasteiger partial charge on any atom is -0.383 e. The number of hydrogen-bond donors (Lipinski definition) is 1. The van der Waals surface area contributed by atoms with Crippen LogP contribution in [0, 0.1) is 17.0 Å². The molecule has 2 rings (SSSR count). The predicted octanol–water partition coefficient (Wildman–Crippen LogP) is 3.66. The molecule has 0 spiro atoms. The van der Waals surface area contributed by atoms with Gasteiger partial charge in [-0.25, -0.2) is 0 Å². The number of nitro benzene ring substituents is 1. The quantitative estimate of drug-likeness (QED) is 0.490. The average Bonchev–Trinajstić information content (AvgIpc) is 2.46. The summed E-state index contributed by atoms with van der Waals surface area (Å²) in [5.74, 6) is 0. The standard InChI is InChI=1S/C15H22N2O3/c1-12-11-13(17(18)19)7-8-15(12)16-9-10-20-14-5-3-2-4-6-14/h7-8,11,14,16H,2-6,9-10H2,1H3. The highest BCUT2D eigenvalue weighted by Crippen LogP contribution is 2.22. The molecule has 5 nitrogen and oxygen atoms in total. The smallest absolute Gasteiger partial charge is 0.269 e. The summed E-state index contributed by atoms with van der Waals surface area (Å²) in [5, 5.41) is 13.9. The fourth-order valence-corrected chi connectivity index (χ4v) is 2.60. The summed E-state index contributed by atoms with van der Waals surface area (Å²) in [5.41, 5.74) is 1.95. The van der Waals surface area contributed by atoms with Gasteiger partial charge in [0.2, 0.25) is 0 Å². The topological polar surface area (TPSA) is 64.4 Å². The molecule has 1 aromatic rings. The number of nitrogens with zero attached hydrogens (tertiary/aromatic N) is 1. The van der Waals surface area contributed by atoms with Gasteiger partial charge in [0.25, 0.3) is 5.69 Å². The van der Waals surface area contributed by atoms with Gasteiger partial charge in [-0.3, -0.25) is 10.1 Å². The molecule has 0 atom stereocenters. The van der Waals surface area contributed by atoms with Crippen molar-refractivity contribution in [3.05, 3.63) is 33.9 Å². The molecule has 20 heavy (non-hydrogen) atoms. The fraction of sp³-hybridized carbons (Fsp3) is 0.600. The van der Waals surface area contributed by atoms with Crippen LogP contribution in [0.2, 0.25) is 0 Å². The van der Waals surface area contributed by atoms with Gasteiger partial charge in [-0.15, -0.1) is 0 Å². The third-order valence-electron chi connectivity index (χ3n) is 3.74. The highest BCUT2D eigenvalue weighted by molar-refractivity contribution is 5.55. The van der Waals surface area contributed by atoms with E-state index in [0.717, 1.165) is 17.8 Å². The van der Waals surface area contributed by atoms with Crippen molar-refractivity contribution in [3.63, 3.8) is 0 Å². The number of nitrogens with one attached hydrogen (secondary N) is 1. The summed E-state index contributed by atoms with van der Waals surface area (Å²) in [6.45, 7) is 3.29. The van der Waals surface area contributed by atoms with Crippen molar-refractivity contribution < 1.29 is 9.66 Å². The Bertz CT molecular complexity index is 456. The Balaban J connectivity index is 1.74. The van der Waals surface area contributed by atoms with E-state index < -0.39 is 0 Å². The van der Waals surface area contributed by atoms with Gasteiger partial charge >= 0.3 is 0 Å². The second kappa shape index (κ2) is 7.24. The summed E-state index contributed by atoms with van der Waals surface area (Å²) in [6.07, 6.45) is 6.66. The summed E-state index contributed by atoms with van der Waals surface area (Å²) in [6, 6.07) is 4.87. The first-order chi connectivity index (χ1) is 9.66. The number of aryl methyl sites for hydroxylation is 1. The molecule has 1 fully saturated rings. The maximum Gasteiger partial charge on any atom is 0.269 e. The van der Waals surface area contributed by atoms with Gasteiger partial charge in [0.05, 0.1) is 17.6 Å². The lowest BCUT2D eigenvalue weighted by molar-refractivity contribution is -0.384. The number of non-ortho nitro benzene ring substituents is 1. The number of hydrogen-bond acceptors (Lipinski definition) is 4. The maximum absolute atomic E-state index is 10.7. The summed E-state index contributed by atoms with van der Waals surface area (Å²) < 4.78 is 5.84. The zero-order valence-corrected chi connectivity index (χ0v) is 11.9. The summed E-state index contributed by atoms with van der Waals surface area (Å²) in [7, 11) is 0. The fourth-order valence-electron chi connectivity index (χ4n) is 2.60. The molecule has 1 saturated carbocycles. The zero-order chi connectivity index (χ0) is 14.4. The van der Waals surface area contributed by atoms with Crippen LogP contribution in [0.3, 0.4) is 0 Å². The maximum atomic E-state index is 10.7. The van der Waals surface area contributed by atoms with Crippen molar-refractivity contribution in [2.75, 3.05) is 18.5 Å². The molecule has 0 heterocycles. The van der Waals surface area contributed by atoms with E-state index >= 15 is 0 Å². The number of ether oxygens (including phenoxy) is 1. The van der Waals surface area contributed by atoms with Gasteiger partial charge in [0.15, 0.2) is 0 Å². The largest absolute Gasteiger partial charge is 0.383 e. The molecule has 1 N–H and O–H groups in total. The minimum atomic E-state index is -0.372. The first-order valence-electron chi connectivity index (χ1n) is 7.27. The Morgan fingerprint density at radius 3 is 2.75 bits per heavy atom. The van der Waals surface area contributed by atoms with Crippen LogP contribution in [0.1, 0.15) is 37.7 Å². The first kappa shape index (κ1) is 14.8. The van der Waals surface area contributed by atoms with Crippen molar-refractivity contribution in [3.8, 4) is 0 Å². The van der Waals surface area contributed by atoms with Gasteiger partial charge in [-0.05, 0) is 31.4 Å². The van der Waals surface area contributed by atoms with Crippen molar-refractivity contribution in [2.45, 2.75) is 45.1 Å². The van der Waals surface area contributed by atoms with Crippen molar-refractivity contribution in [1.29, 1.82) is 0 Å². The highest BCUT2D eigenvalue weighted by atomic mass is 16.6.